The predicted molar refractivity (Wildman–Crippen MR) is 63.5 cm³/mol. The van der Waals surface area contributed by atoms with Crippen molar-refractivity contribution in [1.82, 2.24) is 0 Å². The molecule has 0 aliphatic carbocycles. The second-order valence-corrected chi connectivity index (χ2v) is 3.89. The number of hydrogen-bond acceptors (Lipinski definition) is 3. The maximum absolute atomic E-state index is 8.35. The van der Waals surface area contributed by atoms with Crippen LogP contribution in [-0.4, -0.2) is 11.4 Å². The number of nitrogens with zero attached hydrogens (tertiary/aromatic N) is 1. The minimum absolute atomic E-state index is 0.462. The van der Waals surface area contributed by atoms with Gasteiger partial charge in [0, 0.05) is 5.56 Å². The molecule has 0 amide bonds. The first kappa shape index (κ1) is 11.0. The third kappa shape index (κ3) is 2.21. The molecule has 3 nitrogen and oxygen atoms in total. The molecule has 1 aromatic heterocycles. The van der Waals surface area contributed by atoms with E-state index >= 15 is 0 Å². The molecule has 0 bridgehead atoms. The molecule has 2 aromatic rings. The summed E-state index contributed by atoms with van der Waals surface area (Å²) < 4.78 is 5.39. The van der Waals surface area contributed by atoms with Crippen molar-refractivity contribution in [2.24, 2.45) is 5.16 Å². The lowest BCUT2D eigenvalue weighted by molar-refractivity contribution is 0.321. The van der Waals surface area contributed by atoms with Gasteiger partial charge in [-0.1, -0.05) is 28.4 Å². The Morgan fingerprint density at radius 2 is 1.94 bits per heavy atom. The molecule has 0 aliphatic heterocycles. The van der Waals surface area contributed by atoms with Gasteiger partial charge in [0.15, 0.2) is 0 Å². The lowest BCUT2D eigenvalue weighted by atomic mass is 10.2. The first-order valence-electron chi connectivity index (χ1n) is 4.43. The van der Waals surface area contributed by atoms with Crippen molar-refractivity contribution in [3.05, 3.63) is 46.1 Å². The van der Waals surface area contributed by atoms with Gasteiger partial charge in [-0.05, 0) is 30.3 Å². The maximum Gasteiger partial charge on any atom is 0.149 e. The molecule has 1 aromatic carbocycles. The zero-order valence-electron chi connectivity index (χ0n) is 8.02. The van der Waals surface area contributed by atoms with E-state index in [0.717, 1.165) is 5.56 Å². The number of rotatable bonds is 2. The number of halogens is 2. The Morgan fingerprint density at radius 1 is 1.12 bits per heavy atom. The molecule has 82 valence electrons. The van der Waals surface area contributed by atoms with Crippen molar-refractivity contribution < 1.29 is 9.62 Å². The second kappa shape index (κ2) is 4.60. The van der Waals surface area contributed by atoms with Gasteiger partial charge >= 0.3 is 0 Å². The van der Waals surface area contributed by atoms with Gasteiger partial charge in [-0.25, -0.2) is 0 Å². The molecule has 1 N–H and O–H groups in total. The van der Waals surface area contributed by atoms with Crippen LogP contribution in [0.1, 0.15) is 5.76 Å². The van der Waals surface area contributed by atoms with E-state index in [1.165, 1.54) is 6.21 Å². The Kier molecular flexibility index (Phi) is 3.17. The summed E-state index contributed by atoms with van der Waals surface area (Å²) >= 11 is 11.7. The van der Waals surface area contributed by atoms with Gasteiger partial charge < -0.3 is 9.62 Å². The molecule has 0 atom stereocenters. The number of hydrogen-bond donors (Lipinski definition) is 1. The molecule has 1 heterocycles. The van der Waals surface area contributed by atoms with E-state index in [2.05, 4.69) is 5.16 Å². The molecule has 0 unspecified atom stereocenters. The Hall–Kier alpha value is -1.45. The first-order chi connectivity index (χ1) is 7.70. The van der Waals surface area contributed by atoms with Gasteiger partial charge in [-0.2, -0.15) is 0 Å². The Bertz CT molecular complexity index is 535. The van der Waals surface area contributed by atoms with E-state index in [9.17, 15) is 0 Å². The molecule has 0 fully saturated rings. The summed E-state index contributed by atoms with van der Waals surface area (Å²) in [6, 6.07) is 8.66. The van der Waals surface area contributed by atoms with Gasteiger partial charge in [0.1, 0.15) is 17.7 Å². The van der Waals surface area contributed by atoms with E-state index in [1.54, 1.807) is 30.3 Å². The van der Waals surface area contributed by atoms with Crippen LogP contribution in [0.2, 0.25) is 10.0 Å². The SMILES string of the molecule is O/N=C\c1ccc(-c2ccc(Cl)c(Cl)c2)o1. The number of furan rings is 1. The highest BCUT2D eigenvalue weighted by molar-refractivity contribution is 6.42. The number of oxime groups is 1. The van der Waals surface area contributed by atoms with Gasteiger partial charge in [0.05, 0.1) is 10.0 Å². The Morgan fingerprint density at radius 3 is 2.62 bits per heavy atom. The lowest BCUT2D eigenvalue weighted by Crippen LogP contribution is -1.76. The summed E-state index contributed by atoms with van der Waals surface area (Å²) in [6.07, 6.45) is 1.21. The summed E-state index contributed by atoms with van der Waals surface area (Å²) in [7, 11) is 0. The fourth-order valence-electron chi connectivity index (χ4n) is 1.28. The lowest BCUT2D eigenvalue weighted by Gasteiger charge is -1.99. The van der Waals surface area contributed by atoms with Crippen LogP contribution in [0.25, 0.3) is 11.3 Å². The molecule has 2 rings (SSSR count). The number of benzene rings is 1. The van der Waals surface area contributed by atoms with Crippen molar-refractivity contribution in [2.45, 2.75) is 0 Å². The third-order valence-corrected chi connectivity index (χ3v) is 2.75. The second-order valence-electron chi connectivity index (χ2n) is 3.08. The summed E-state index contributed by atoms with van der Waals surface area (Å²) in [5.74, 6) is 1.09. The highest BCUT2D eigenvalue weighted by Crippen LogP contribution is 2.29. The fraction of sp³-hybridized carbons (Fsp3) is 0. The van der Waals surface area contributed by atoms with Crippen molar-refractivity contribution in [3.63, 3.8) is 0 Å². The summed E-state index contributed by atoms with van der Waals surface area (Å²) in [4.78, 5) is 0. The molecule has 0 radical (unpaired) electrons. The van der Waals surface area contributed by atoms with Gasteiger partial charge in [-0.15, -0.1) is 0 Å². The smallest absolute Gasteiger partial charge is 0.149 e. The van der Waals surface area contributed by atoms with Crippen LogP contribution < -0.4 is 0 Å². The third-order valence-electron chi connectivity index (χ3n) is 2.02. The van der Waals surface area contributed by atoms with Crippen LogP contribution in [0.4, 0.5) is 0 Å². The topological polar surface area (TPSA) is 45.7 Å². The molecular weight excluding hydrogens is 249 g/mol. The van der Waals surface area contributed by atoms with Crippen LogP contribution in [-0.2, 0) is 0 Å². The van der Waals surface area contributed by atoms with Gasteiger partial charge in [-0.3, -0.25) is 0 Å². The average molecular weight is 256 g/mol. The predicted octanol–water partition coefficient (Wildman–Crippen LogP) is 4.06. The van der Waals surface area contributed by atoms with E-state index in [1.807, 2.05) is 0 Å². The molecule has 5 heteroatoms. The highest BCUT2D eigenvalue weighted by atomic mass is 35.5. The molecule has 0 spiro atoms. The Labute approximate surface area is 102 Å². The minimum Gasteiger partial charge on any atom is -0.455 e. The van der Waals surface area contributed by atoms with E-state index in [-0.39, 0.29) is 0 Å². The van der Waals surface area contributed by atoms with Crippen molar-refractivity contribution in [2.75, 3.05) is 0 Å². The zero-order valence-corrected chi connectivity index (χ0v) is 9.53. The fourth-order valence-corrected chi connectivity index (χ4v) is 1.58. The molecule has 16 heavy (non-hydrogen) atoms. The van der Waals surface area contributed by atoms with E-state index < -0.39 is 0 Å². The monoisotopic (exact) mass is 255 g/mol. The normalized spacial score (nSPS) is 11.1. The largest absolute Gasteiger partial charge is 0.455 e. The standard InChI is InChI=1S/C11H7Cl2NO2/c12-9-3-1-7(5-10(9)13)11-4-2-8(16-11)6-14-15/h1-6,15H/b14-6-. The van der Waals surface area contributed by atoms with E-state index in [4.69, 9.17) is 32.8 Å². The molecule has 0 saturated heterocycles. The Balaban J connectivity index is 2.38. The quantitative estimate of drug-likeness (QED) is 0.500. The molecule has 0 saturated carbocycles. The van der Waals surface area contributed by atoms with Crippen LogP contribution in [0.3, 0.4) is 0 Å². The van der Waals surface area contributed by atoms with E-state index in [0.29, 0.717) is 21.6 Å². The van der Waals surface area contributed by atoms with Crippen LogP contribution in [0, 0.1) is 0 Å². The first-order valence-corrected chi connectivity index (χ1v) is 5.19. The summed E-state index contributed by atoms with van der Waals surface area (Å²) in [5.41, 5.74) is 0.812. The zero-order chi connectivity index (χ0) is 11.5. The van der Waals surface area contributed by atoms with Crippen molar-refractivity contribution >= 4 is 29.4 Å². The minimum atomic E-state index is 0.462. The summed E-state index contributed by atoms with van der Waals surface area (Å²) in [5, 5.41) is 12.2. The van der Waals surface area contributed by atoms with Crippen molar-refractivity contribution in [3.8, 4) is 11.3 Å². The van der Waals surface area contributed by atoms with Gasteiger partial charge in [0.25, 0.3) is 0 Å². The van der Waals surface area contributed by atoms with Crippen molar-refractivity contribution in [1.29, 1.82) is 0 Å². The highest BCUT2D eigenvalue weighted by Gasteiger charge is 2.06. The van der Waals surface area contributed by atoms with Crippen LogP contribution >= 0.6 is 23.2 Å². The average Bonchev–Trinajstić information content (AvgIpc) is 2.71. The molecule has 0 aliphatic rings. The maximum atomic E-state index is 8.35. The summed E-state index contributed by atoms with van der Waals surface area (Å²) in [6.45, 7) is 0. The van der Waals surface area contributed by atoms with Gasteiger partial charge in [0.2, 0.25) is 0 Å². The van der Waals surface area contributed by atoms with Crippen LogP contribution in [0.5, 0.6) is 0 Å². The molecular formula is C11H7Cl2NO2. The van der Waals surface area contributed by atoms with Crippen LogP contribution in [0.15, 0.2) is 39.9 Å².